The van der Waals surface area contributed by atoms with E-state index in [9.17, 15) is 14.4 Å². The number of imide groups is 1. The van der Waals surface area contributed by atoms with Gasteiger partial charge < -0.3 is 15.5 Å². The predicted molar refractivity (Wildman–Crippen MR) is 140 cm³/mol. The zero-order valence-corrected chi connectivity index (χ0v) is 21.4. The Morgan fingerprint density at radius 3 is 2.56 bits per heavy atom. The maximum Gasteiger partial charge on any atom is 0.329 e. The fraction of sp³-hybridized carbons (Fsp3) is 0.296. The molecule has 0 aliphatic carbocycles. The molecule has 9 heteroatoms. The molecule has 4 rings (SSSR count). The highest BCUT2D eigenvalue weighted by molar-refractivity contribution is 6.30. The Bertz CT molecular complexity index is 1300. The topological polar surface area (TPSA) is 81.8 Å². The quantitative estimate of drug-likeness (QED) is 0.401. The summed E-state index contributed by atoms with van der Waals surface area (Å²) in [6.07, 6.45) is 4.36. The van der Waals surface area contributed by atoms with E-state index < -0.39 is 30.2 Å². The Labute approximate surface area is 214 Å². The molecule has 188 valence electrons. The van der Waals surface area contributed by atoms with E-state index in [1.54, 1.807) is 30.3 Å². The van der Waals surface area contributed by atoms with Crippen LogP contribution in [-0.4, -0.2) is 41.4 Å². The average Bonchev–Trinajstić information content (AvgIpc) is 3.06. The molecule has 0 unspecified atom stereocenters. The van der Waals surface area contributed by atoms with Crippen LogP contribution in [0.2, 0.25) is 5.02 Å². The molecular formula is C27H28ClFN4O3. The number of fused-ring (bicyclic) bond motifs is 1. The molecule has 2 aliphatic heterocycles. The lowest BCUT2D eigenvalue weighted by atomic mass is 9.87. The zero-order valence-electron chi connectivity index (χ0n) is 20.6. The van der Waals surface area contributed by atoms with Crippen molar-refractivity contribution in [2.75, 3.05) is 23.3 Å². The second-order valence-corrected chi connectivity index (χ2v) is 9.89. The molecule has 1 saturated heterocycles. The van der Waals surface area contributed by atoms with Gasteiger partial charge in [-0.2, -0.15) is 0 Å². The highest BCUT2D eigenvalue weighted by atomic mass is 35.5. The summed E-state index contributed by atoms with van der Waals surface area (Å²) in [5.41, 5.74) is 2.96. The predicted octanol–water partition coefficient (Wildman–Crippen LogP) is 5.42. The van der Waals surface area contributed by atoms with Crippen LogP contribution in [-0.2, 0) is 9.59 Å². The number of benzene rings is 2. The first-order valence-corrected chi connectivity index (χ1v) is 12.1. The summed E-state index contributed by atoms with van der Waals surface area (Å²) in [6.45, 7) is 8.51. The van der Waals surface area contributed by atoms with E-state index in [4.69, 9.17) is 11.6 Å². The van der Waals surface area contributed by atoms with Crippen molar-refractivity contribution in [1.29, 1.82) is 0 Å². The van der Waals surface area contributed by atoms with Gasteiger partial charge in [0.25, 0.3) is 5.91 Å². The van der Waals surface area contributed by atoms with Crippen molar-refractivity contribution in [3.63, 3.8) is 0 Å². The molecule has 0 atom stereocenters. The highest BCUT2D eigenvalue weighted by Gasteiger charge is 2.36. The lowest BCUT2D eigenvalue weighted by molar-refractivity contribution is -0.127. The van der Waals surface area contributed by atoms with E-state index in [-0.39, 0.29) is 16.8 Å². The number of carbonyl (C=O) groups excluding carboxylic acids is 3. The van der Waals surface area contributed by atoms with E-state index >= 15 is 4.39 Å². The molecule has 36 heavy (non-hydrogen) atoms. The fourth-order valence-electron chi connectivity index (χ4n) is 4.61. The first-order chi connectivity index (χ1) is 17.0. The van der Waals surface area contributed by atoms with Crippen LogP contribution in [0.5, 0.6) is 0 Å². The van der Waals surface area contributed by atoms with E-state index in [2.05, 4.69) is 42.4 Å². The van der Waals surface area contributed by atoms with Crippen molar-refractivity contribution >= 4 is 52.5 Å². The number of rotatable bonds is 6. The van der Waals surface area contributed by atoms with Gasteiger partial charge in [0.2, 0.25) is 5.91 Å². The van der Waals surface area contributed by atoms with Crippen LogP contribution >= 0.6 is 11.6 Å². The van der Waals surface area contributed by atoms with Gasteiger partial charge in [0.05, 0.1) is 5.54 Å². The maximum atomic E-state index is 15.2. The summed E-state index contributed by atoms with van der Waals surface area (Å²) in [5, 5.41) is 5.57. The molecule has 0 saturated carbocycles. The minimum absolute atomic E-state index is 0.0960. The molecule has 2 aliphatic rings. The largest absolute Gasteiger partial charge is 0.362 e. The Balaban J connectivity index is 1.57. The number of hydrogen-bond donors (Lipinski definition) is 2. The van der Waals surface area contributed by atoms with Crippen LogP contribution in [0, 0.1) is 5.82 Å². The van der Waals surface area contributed by atoms with Gasteiger partial charge in [-0.25, -0.2) is 14.1 Å². The van der Waals surface area contributed by atoms with Gasteiger partial charge in [0.1, 0.15) is 18.1 Å². The Morgan fingerprint density at radius 2 is 1.89 bits per heavy atom. The van der Waals surface area contributed by atoms with Crippen LogP contribution in [0.4, 0.5) is 20.6 Å². The summed E-state index contributed by atoms with van der Waals surface area (Å²) < 4.78 is 15.2. The summed E-state index contributed by atoms with van der Waals surface area (Å²) in [4.78, 5) is 40.6. The Kier molecular flexibility index (Phi) is 6.91. The van der Waals surface area contributed by atoms with Crippen molar-refractivity contribution < 1.29 is 18.8 Å². The molecule has 0 spiro atoms. The van der Waals surface area contributed by atoms with Gasteiger partial charge in [0.15, 0.2) is 0 Å². The number of anilines is 2. The van der Waals surface area contributed by atoms with Crippen LogP contribution < -0.4 is 15.5 Å². The molecule has 2 N–H and O–H groups in total. The monoisotopic (exact) mass is 510 g/mol. The second kappa shape index (κ2) is 9.78. The van der Waals surface area contributed by atoms with Crippen LogP contribution in [0.15, 0.2) is 48.2 Å². The Morgan fingerprint density at radius 1 is 1.19 bits per heavy atom. The summed E-state index contributed by atoms with van der Waals surface area (Å²) >= 11 is 5.84. The molecule has 7 nitrogen and oxygen atoms in total. The van der Waals surface area contributed by atoms with Gasteiger partial charge in [-0.1, -0.05) is 24.6 Å². The standard InChI is InChI=1S/C27H28ClFN4O3/c1-5-10-33-23-13-21(29)17(11-20(23)16(2)14-27(33,3)4)12-22-25(35)32(26(36)31-22)15-24(34)30-19-8-6-18(28)7-9-19/h6-9,11-14H,5,10,15H2,1-4H3,(H,30,34)(H,31,36)/b22-12+. The summed E-state index contributed by atoms with van der Waals surface area (Å²) in [6, 6.07) is 8.86. The van der Waals surface area contributed by atoms with Crippen LogP contribution in [0.1, 0.15) is 45.2 Å². The van der Waals surface area contributed by atoms with Crippen LogP contribution in [0.3, 0.4) is 0 Å². The molecular weight excluding hydrogens is 483 g/mol. The first-order valence-electron chi connectivity index (χ1n) is 11.7. The minimum atomic E-state index is -0.747. The number of nitrogens with one attached hydrogen (secondary N) is 2. The van der Waals surface area contributed by atoms with Gasteiger partial charge in [-0.15, -0.1) is 0 Å². The van der Waals surface area contributed by atoms with Crippen molar-refractivity contribution in [3.8, 4) is 0 Å². The second-order valence-electron chi connectivity index (χ2n) is 9.46. The van der Waals surface area contributed by atoms with Gasteiger partial charge in [-0.3, -0.25) is 9.59 Å². The van der Waals surface area contributed by atoms with E-state index in [1.165, 1.54) is 12.1 Å². The first kappa shape index (κ1) is 25.4. The van der Waals surface area contributed by atoms with Gasteiger partial charge >= 0.3 is 6.03 Å². The van der Waals surface area contributed by atoms with Gasteiger partial charge in [0, 0.05) is 34.1 Å². The molecule has 0 aromatic heterocycles. The molecule has 0 bridgehead atoms. The van der Waals surface area contributed by atoms with Gasteiger partial charge in [-0.05, 0) is 75.2 Å². The molecule has 2 aromatic rings. The number of allylic oxidation sites excluding steroid dienone is 1. The smallest absolute Gasteiger partial charge is 0.329 e. The molecule has 2 heterocycles. The zero-order chi connectivity index (χ0) is 26.2. The van der Waals surface area contributed by atoms with Crippen molar-refractivity contribution in [1.82, 2.24) is 10.2 Å². The minimum Gasteiger partial charge on any atom is -0.362 e. The number of carbonyl (C=O) groups is 3. The summed E-state index contributed by atoms with van der Waals surface area (Å²) in [7, 11) is 0. The van der Waals surface area contributed by atoms with Crippen molar-refractivity contribution in [2.24, 2.45) is 0 Å². The van der Waals surface area contributed by atoms with E-state index in [0.717, 1.165) is 34.7 Å². The van der Waals surface area contributed by atoms with Crippen LogP contribution in [0.25, 0.3) is 11.6 Å². The molecule has 1 fully saturated rings. The van der Waals surface area contributed by atoms with Crippen molar-refractivity contribution in [2.45, 2.75) is 39.7 Å². The number of hydrogen-bond acceptors (Lipinski definition) is 4. The number of nitrogens with zero attached hydrogens (tertiary/aromatic N) is 2. The lowest BCUT2D eigenvalue weighted by Crippen LogP contribution is -2.45. The highest BCUT2D eigenvalue weighted by Crippen LogP contribution is 2.40. The molecule has 0 radical (unpaired) electrons. The SMILES string of the molecule is CCCN1c2cc(F)c(/C=C3/NC(=O)N(CC(=O)Nc4ccc(Cl)cc4)C3=O)cc2C(C)=CC1(C)C. The third-order valence-corrected chi connectivity index (χ3v) is 6.49. The third-order valence-electron chi connectivity index (χ3n) is 6.24. The average molecular weight is 511 g/mol. The van der Waals surface area contributed by atoms with Crippen molar-refractivity contribution in [3.05, 3.63) is 70.1 Å². The molecule has 4 amide bonds. The van der Waals surface area contributed by atoms with E-state index in [1.807, 2.05) is 6.92 Å². The molecule has 2 aromatic carbocycles. The van der Waals surface area contributed by atoms with E-state index in [0.29, 0.717) is 10.7 Å². The number of halogens is 2. The maximum absolute atomic E-state index is 15.2. The number of amides is 4. The fourth-order valence-corrected chi connectivity index (χ4v) is 4.73. The number of urea groups is 1. The third kappa shape index (κ3) is 4.99. The normalized spacial score (nSPS) is 17.7. The summed E-state index contributed by atoms with van der Waals surface area (Å²) in [5.74, 6) is -1.76. The Hall–Kier alpha value is -3.65. The lowest BCUT2D eigenvalue weighted by Gasteiger charge is -2.43.